The summed E-state index contributed by atoms with van der Waals surface area (Å²) in [5.41, 5.74) is 1.68. The van der Waals surface area contributed by atoms with E-state index in [1.165, 1.54) is 19.3 Å². The Kier molecular flexibility index (Phi) is 5.39. The van der Waals surface area contributed by atoms with Crippen molar-refractivity contribution >= 4 is 11.7 Å². The lowest BCUT2D eigenvalue weighted by Gasteiger charge is -2.23. The molecule has 20 heavy (non-hydrogen) atoms. The van der Waals surface area contributed by atoms with Crippen molar-refractivity contribution in [3.8, 4) is 0 Å². The molecule has 0 aromatic carbocycles. The average molecular weight is 275 g/mol. The Hall–Kier alpha value is -1.58. The number of nitrogens with one attached hydrogen (secondary N) is 2. The van der Waals surface area contributed by atoms with Gasteiger partial charge < -0.3 is 10.6 Å². The molecule has 1 aliphatic rings. The van der Waals surface area contributed by atoms with Crippen LogP contribution in [0.3, 0.4) is 0 Å². The fourth-order valence-electron chi connectivity index (χ4n) is 2.69. The highest BCUT2D eigenvalue weighted by Crippen LogP contribution is 2.18. The SMILES string of the molecule is CCNc1cc(C(=O)NC2CCCCC2)cc(CC)n1. The van der Waals surface area contributed by atoms with E-state index in [1.54, 1.807) is 0 Å². The fraction of sp³-hybridized carbons (Fsp3) is 0.625. The first kappa shape index (κ1) is 14.8. The predicted molar refractivity (Wildman–Crippen MR) is 82.1 cm³/mol. The van der Waals surface area contributed by atoms with Crippen LogP contribution in [0.25, 0.3) is 0 Å². The Morgan fingerprint density at radius 2 is 2.00 bits per heavy atom. The molecule has 0 radical (unpaired) electrons. The zero-order valence-corrected chi connectivity index (χ0v) is 12.5. The Bertz CT molecular complexity index is 453. The first-order valence-electron chi connectivity index (χ1n) is 7.78. The minimum absolute atomic E-state index is 0.0353. The molecule has 4 heteroatoms. The maximum atomic E-state index is 12.4. The first-order chi connectivity index (χ1) is 9.72. The molecule has 2 rings (SSSR count). The van der Waals surface area contributed by atoms with Gasteiger partial charge in [-0.15, -0.1) is 0 Å². The van der Waals surface area contributed by atoms with Gasteiger partial charge in [0, 0.05) is 23.8 Å². The van der Waals surface area contributed by atoms with Crippen molar-refractivity contribution in [1.82, 2.24) is 10.3 Å². The van der Waals surface area contributed by atoms with E-state index in [0.717, 1.165) is 42.9 Å². The Balaban J connectivity index is 2.09. The van der Waals surface area contributed by atoms with E-state index in [9.17, 15) is 4.79 Å². The summed E-state index contributed by atoms with van der Waals surface area (Å²) in [7, 11) is 0. The number of anilines is 1. The van der Waals surface area contributed by atoms with E-state index in [0.29, 0.717) is 6.04 Å². The summed E-state index contributed by atoms with van der Waals surface area (Å²) in [5.74, 6) is 0.828. The van der Waals surface area contributed by atoms with Crippen LogP contribution in [-0.2, 0) is 6.42 Å². The zero-order chi connectivity index (χ0) is 14.4. The molecule has 1 aromatic heterocycles. The number of carbonyl (C=O) groups excluding carboxylic acids is 1. The molecule has 0 aliphatic heterocycles. The Labute approximate surface area is 121 Å². The van der Waals surface area contributed by atoms with Crippen LogP contribution in [0.15, 0.2) is 12.1 Å². The number of hydrogen-bond acceptors (Lipinski definition) is 3. The van der Waals surface area contributed by atoms with Crippen LogP contribution in [0.2, 0.25) is 0 Å². The lowest BCUT2D eigenvalue weighted by Crippen LogP contribution is -2.36. The van der Waals surface area contributed by atoms with Gasteiger partial charge in [0.2, 0.25) is 0 Å². The van der Waals surface area contributed by atoms with Crippen LogP contribution in [0.4, 0.5) is 5.82 Å². The summed E-state index contributed by atoms with van der Waals surface area (Å²) in [6, 6.07) is 4.09. The minimum Gasteiger partial charge on any atom is -0.370 e. The second-order valence-corrected chi connectivity index (χ2v) is 5.42. The number of pyridine rings is 1. The van der Waals surface area contributed by atoms with Gasteiger partial charge >= 0.3 is 0 Å². The number of aromatic nitrogens is 1. The standard InChI is InChI=1S/C16H25N3O/c1-3-13-10-12(11-15(18-13)17-4-2)16(20)19-14-8-6-5-7-9-14/h10-11,14H,3-9H2,1-2H3,(H,17,18)(H,19,20). The molecule has 0 unspecified atom stereocenters. The van der Waals surface area contributed by atoms with E-state index in [-0.39, 0.29) is 5.91 Å². The van der Waals surface area contributed by atoms with Gasteiger partial charge in [-0.3, -0.25) is 4.79 Å². The summed E-state index contributed by atoms with van der Waals surface area (Å²) in [6.07, 6.45) is 6.80. The number of nitrogens with zero attached hydrogens (tertiary/aromatic N) is 1. The zero-order valence-electron chi connectivity index (χ0n) is 12.5. The molecule has 2 N–H and O–H groups in total. The minimum atomic E-state index is 0.0353. The van der Waals surface area contributed by atoms with Gasteiger partial charge in [0.05, 0.1) is 0 Å². The second-order valence-electron chi connectivity index (χ2n) is 5.42. The third-order valence-corrected chi connectivity index (χ3v) is 3.80. The quantitative estimate of drug-likeness (QED) is 0.868. The summed E-state index contributed by atoms with van der Waals surface area (Å²) in [4.78, 5) is 16.9. The lowest BCUT2D eigenvalue weighted by molar-refractivity contribution is 0.0927. The van der Waals surface area contributed by atoms with Gasteiger partial charge in [0.1, 0.15) is 5.82 Å². The molecular weight excluding hydrogens is 250 g/mol. The molecule has 110 valence electrons. The smallest absolute Gasteiger partial charge is 0.251 e. The van der Waals surface area contributed by atoms with Crippen molar-refractivity contribution in [3.05, 3.63) is 23.4 Å². The summed E-state index contributed by atoms with van der Waals surface area (Å²) in [5, 5.41) is 6.35. The maximum absolute atomic E-state index is 12.4. The highest BCUT2D eigenvalue weighted by molar-refractivity contribution is 5.95. The van der Waals surface area contributed by atoms with Crippen LogP contribution in [0, 0.1) is 0 Å². The topological polar surface area (TPSA) is 54.0 Å². The number of rotatable bonds is 5. The molecular formula is C16H25N3O. The number of aryl methyl sites for hydroxylation is 1. The van der Waals surface area contributed by atoms with E-state index < -0.39 is 0 Å². The third-order valence-electron chi connectivity index (χ3n) is 3.80. The molecule has 1 aromatic rings. The molecule has 1 saturated carbocycles. The van der Waals surface area contributed by atoms with Crippen molar-refractivity contribution in [2.24, 2.45) is 0 Å². The molecule has 0 spiro atoms. The van der Waals surface area contributed by atoms with Crippen LogP contribution in [-0.4, -0.2) is 23.5 Å². The van der Waals surface area contributed by atoms with Crippen molar-refractivity contribution in [3.63, 3.8) is 0 Å². The normalized spacial score (nSPS) is 15.9. The molecule has 1 fully saturated rings. The van der Waals surface area contributed by atoms with Gasteiger partial charge in [0.25, 0.3) is 5.91 Å². The Morgan fingerprint density at radius 1 is 1.25 bits per heavy atom. The van der Waals surface area contributed by atoms with Crippen molar-refractivity contribution < 1.29 is 4.79 Å². The molecule has 0 atom stereocenters. The van der Waals surface area contributed by atoms with E-state index >= 15 is 0 Å². The first-order valence-corrected chi connectivity index (χ1v) is 7.78. The van der Waals surface area contributed by atoms with Crippen LogP contribution < -0.4 is 10.6 Å². The van der Waals surface area contributed by atoms with Crippen LogP contribution >= 0.6 is 0 Å². The van der Waals surface area contributed by atoms with Gasteiger partial charge in [-0.1, -0.05) is 26.2 Å². The Morgan fingerprint density at radius 3 is 2.65 bits per heavy atom. The summed E-state index contributed by atoms with van der Waals surface area (Å²) < 4.78 is 0. The van der Waals surface area contributed by atoms with Gasteiger partial charge in [-0.2, -0.15) is 0 Å². The maximum Gasteiger partial charge on any atom is 0.251 e. The fourth-order valence-corrected chi connectivity index (χ4v) is 2.69. The van der Waals surface area contributed by atoms with Crippen LogP contribution in [0.5, 0.6) is 0 Å². The molecule has 0 bridgehead atoms. The largest absolute Gasteiger partial charge is 0.370 e. The lowest BCUT2D eigenvalue weighted by atomic mass is 9.95. The van der Waals surface area contributed by atoms with Crippen molar-refractivity contribution in [2.75, 3.05) is 11.9 Å². The number of hydrogen-bond donors (Lipinski definition) is 2. The number of carbonyl (C=O) groups is 1. The molecule has 1 aliphatic carbocycles. The van der Waals surface area contributed by atoms with E-state index in [1.807, 2.05) is 19.1 Å². The summed E-state index contributed by atoms with van der Waals surface area (Å²) >= 11 is 0. The van der Waals surface area contributed by atoms with E-state index in [2.05, 4.69) is 22.5 Å². The molecule has 1 heterocycles. The van der Waals surface area contributed by atoms with Crippen molar-refractivity contribution in [2.45, 2.75) is 58.4 Å². The predicted octanol–water partition coefficient (Wildman–Crippen LogP) is 3.14. The van der Waals surface area contributed by atoms with Crippen molar-refractivity contribution in [1.29, 1.82) is 0 Å². The average Bonchev–Trinajstić information content (AvgIpc) is 2.48. The van der Waals surface area contributed by atoms with Gasteiger partial charge in [-0.25, -0.2) is 4.98 Å². The van der Waals surface area contributed by atoms with Crippen LogP contribution in [0.1, 0.15) is 62.0 Å². The monoisotopic (exact) mass is 275 g/mol. The summed E-state index contributed by atoms with van der Waals surface area (Å²) in [6.45, 7) is 4.90. The highest BCUT2D eigenvalue weighted by atomic mass is 16.1. The van der Waals surface area contributed by atoms with Gasteiger partial charge in [0.15, 0.2) is 0 Å². The molecule has 1 amide bonds. The van der Waals surface area contributed by atoms with Gasteiger partial charge in [-0.05, 0) is 38.3 Å². The molecule has 4 nitrogen and oxygen atoms in total. The highest BCUT2D eigenvalue weighted by Gasteiger charge is 2.17. The third kappa shape index (κ3) is 3.95. The molecule has 0 saturated heterocycles. The number of amides is 1. The second kappa shape index (κ2) is 7.27. The van der Waals surface area contributed by atoms with E-state index in [4.69, 9.17) is 0 Å².